The van der Waals surface area contributed by atoms with Crippen molar-refractivity contribution in [3.8, 4) is 0 Å². The quantitative estimate of drug-likeness (QED) is 0.759. The van der Waals surface area contributed by atoms with Gasteiger partial charge in [0.2, 0.25) is 0 Å². The molecule has 0 saturated heterocycles. The van der Waals surface area contributed by atoms with Crippen LogP contribution < -0.4 is 0 Å². The van der Waals surface area contributed by atoms with Gasteiger partial charge in [-0.2, -0.15) is 0 Å². The molecule has 0 bridgehead atoms. The third-order valence-corrected chi connectivity index (χ3v) is 3.97. The van der Waals surface area contributed by atoms with E-state index >= 15 is 0 Å². The van der Waals surface area contributed by atoms with Crippen LogP contribution in [0.25, 0.3) is 0 Å². The van der Waals surface area contributed by atoms with Gasteiger partial charge in [-0.15, -0.1) is 0 Å². The summed E-state index contributed by atoms with van der Waals surface area (Å²) in [5, 5.41) is 0. The van der Waals surface area contributed by atoms with E-state index in [2.05, 4.69) is 47.6 Å². The number of rotatable bonds is 4. The van der Waals surface area contributed by atoms with Crippen molar-refractivity contribution >= 4 is 5.97 Å². The summed E-state index contributed by atoms with van der Waals surface area (Å²) < 4.78 is 5.02. The summed E-state index contributed by atoms with van der Waals surface area (Å²) in [5.74, 6) is 0.192. The molecule has 1 aromatic carbocycles. The van der Waals surface area contributed by atoms with Crippen molar-refractivity contribution in [2.75, 3.05) is 7.11 Å². The minimum atomic E-state index is -0.149. The molecule has 0 fully saturated rings. The van der Waals surface area contributed by atoms with Crippen molar-refractivity contribution in [3.63, 3.8) is 0 Å². The Morgan fingerprint density at radius 3 is 1.95 bits per heavy atom. The van der Waals surface area contributed by atoms with Gasteiger partial charge >= 0.3 is 5.97 Å². The predicted molar refractivity (Wildman–Crippen MR) is 79.6 cm³/mol. The highest BCUT2D eigenvalue weighted by molar-refractivity contribution is 5.79. The van der Waals surface area contributed by atoms with Crippen molar-refractivity contribution in [2.24, 2.45) is 5.92 Å². The van der Waals surface area contributed by atoms with Gasteiger partial charge in [0.25, 0.3) is 0 Å². The van der Waals surface area contributed by atoms with Crippen LogP contribution in [0, 0.1) is 33.6 Å². The van der Waals surface area contributed by atoms with Crippen molar-refractivity contribution in [3.05, 3.63) is 33.9 Å². The van der Waals surface area contributed by atoms with Crippen molar-refractivity contribution in [1.29, 1.82) is 0 Å². The second-order valence-electron chi connectivity index (χ2n) is 5.88. The SMILES string of the molecule is COC(=O)C(CC(C)C)c1c(C)c(C)cc(C)c1C. The molecule has 0 aliphatic heterocycles. The minimum Gasteiger partial charge on any atom is -0.469 e. The Hall–Kier alpha value is -1.31. The van der Waals surface area contributed by atoms with Crippen LogP contribution in [0.4, 0.5) is 0 Å². The molecule has 2 nitrogen and oxygen atoms in total. The summed E-state index contributed by atoms with van der Waals surface area (Å²) in [4.78, 5) is 12.2. The van der Waals surface area contributed by atoms with Crippen LogP contribution in [0.2, 0.25) is 0 Å². The first-order valence-corrected chi connectivity index (χ1v) is 6.94. The first-order valence-electron chi connectivity index (χ1n) is 6.94. The van der Waals surface area contributed by atoms with Crippen LogP contribution >= 0.6 is 0 Å². The Kier molecular flexibility index (Phi) is 5.16. The van der Waals surface area contributed by atoms with Crippen LogP contribution in [-0.2, 0) is 9.53 Å². The number of ether oxygens (including phenoxy) is 1. The summed E-state index contributed by atoms with van der Waals surface area (Å²) in [6, 6.07) is 2.19. The van der Waals surface area contributed by atoms with Crippen LogP contribution in [-0.4, -0.2) is 13.1 Å². The Bertz CT molecular complexity index is 446. The van der Waals surface area contributed by atoms with Gasteiger partial charge in [0.15, 0.2) is 0 Å². The molecule has 1 aromatic rings. The molecule has 0 amide bonds. The van der Waals surface area contributed by atoms with Crippen molar-refractivity contribution in [2.45, 2.75) is 53.9 Å². The molecule has 0 saturated carbocycles. The Labute approximate surface area is 117 Å². The molecule has 0 aliphatic carbocycles. The minimum absolute atomic E-state index is 0.120. The maximum Gasteiger partial charge on any atom is 0.313 e. The molecule has 0 heterocycles. The lowest BCUT2D eigenvalue weighted by Crippen LogP contribution is -2.19. The molecular formula is C17H26O2. The van der Waals surface area contributed by atoms with Gasteiger partial charge in [0.1, 0.15) is 0 Å². The maximum atomic E-state index is 12.2. The number of carbonyl (C=O) groups excluding carboxylic acids is 1. The zero-order valence-electron chi connectivity index (χ0n) is 13.3. The average Bonchev–Trinajstić information content (AvgIpc) is 2.34. The Morgan fingerprint density at radius 2 is 1.58 bits per heavy atom. The molecule has 0 radical (unpaired) electrons. The largest absolute Gasteiger partial charge is 0.469 e. The van der Waals surface area contributed by atoms with E-state index in [1.54, 1.807) is 0 Å². The number of methoxy groups -OCH3 is 1. The molecule has 106 valence electrons. The third kappa shape index (κ3) is 3.37. The highest BCUT2D eigenvalue weighted by Gasteiger charge is 2.26. The number of esters is 1. The number of hydrogen-bond acceptors (Lipinski definition) is 2. The molecule has 0 N–H and O–H groups in total. The number of aryl methyl sites for hydroxylation is 2. The summed E-state index contributed by atoms with van der Waals surface area (Å²) in [5.41, 5.74) is 6.10. The van der Waals surface area contributed by atoms with Gasteiger partial charge in [-0.25, -0.2) is 0 Å². The molecular weight excluding hydrogens is 236 g/mol. The standard InChI is InChI=1S/C17H26O2/c1-10(2)8-15(17(18)19-7)16-13(5)11(3)9-12(4)14(16)6/h9-10,15H,8H2,1-7H3. The van der Waals surface area contributed by atoms with Crippen LogP contribution in [0.1, 0.15) is 54.0 Å². The van der Waals surface area contributed by atoms with E-state index in [0.717, 1.165) is 12.0 Å². The Balaban J connectivity index is 3.41. The van der Waals surface area contributed by atoms with Crippen LogP contribution in [0.5, 0.6) is 0 Å². The van der Waals surface area contributed by atoms with Gasteiger partial charge in [-0.05, 0) is 67.9 Å². The van der Waals surface area contributed by atoms with Gasteiger partial charge in [0, 0.05) is 0 Å². The Morgan fingerprint density at radius 1 is 1.11 bits per heavy atom. The number of carbonyl (C=O) groups is 1. The second-order valence-corrected chi connectivity index (χ2v) is 5.88. The number of hydrogen-bond donors (Lipinski definition) is 0. The zero-order chi connectivity index (χ0) is 14.7. The predicted octanol–water partition coefficient (Wildman–Crippen LogP) is 4.22. The topological polar surface area (TPSA) is 26.3 Å². The molecule has 0 spiro atoms. The van der Waals surface area contributed by atoms with Crippen molar-refractivity contribution < 1.29 is 9.53 Å². The lowest BCUT2D eigenvalue weighted by atomic mass is 9.82. The second kappa shape index (κ2) is 6.23. The zero-order valence-corrected chi connectivity index (χ0v) is 13.3. The highest BCUT2D eigenvalue weighted by Crippen LogP contribution is 2.33. The van der Waals surface area contributed by atoms with Crippen molar-refractivity contribution in [1.82, 2.24) is 0 Å². The van der Waals surface area contributed by atoms with E-state index in [1.165, 1.54) is 29.4 Å². The van der Waals surface area contributed by atoms with Gasteiger partial charge in [-0.3, -0.25) is 4.79 Å². The maximum absolute atomic E-state index is 12.2. The molecule has 1 rings (SSSR count). The lowest BCUT2D eigenvalue weighted by Gasteiger charge is -2.23. The van der Waals surface area contributed by atoms with E-state index in [4.69, 9.17) is 4.74 Å². The normalized spacial score (nSPS) is 12.6. The smallest absolute Gasteiger partial charge is 0.313 e. The monoisotopic (exact) mass is 262 g/mol. The van der Waals surface area contributed by atoms with E-state index in [-0.39, 0.29) is 11.9 Å². The van der Waals surface area contributed by atoms with Gasteiger partial charge in [-0.1, -0.05) is 19.9 Å². The van der Waals surface area contributed by atoms with Crippen LogP contribution in [0.3, 0.4) is 0 Å². The first kappa shape index (κ1) is 15.7. The van der Waals surface area contributed by atoms with Gasteiger partial charge < -0.3 is 4.74 Å². The molecule has 19 heavy (non-hydrogen) atoms. The molecule has 0 aliphatic rings. The summed E-state index contributed by atoms with van der Waals surface area (Å²) >= 11 is 0. The summed E-state index contributed by atoms with van der Waals surface area (Å²) in [6.07, 6.45) is 0.831. The van der Waals surface area contributed by atoms with E-state index < -0.39 is 0 Å². The first-order chi connectivity index (χ1) is 8.79. The third-order valence-electron chi connectivity index (χ3n) is 3.97. The summed E-state index contributed by atoms with van der Waals surface area (Å²) in [6.45, 7) is 12.7. The van der Waals surface area contributed by atoms with Crippen LogP contribution in [0.15, 0.2) is 6.07 Å². The van der Waals surface area contributed by atoms with E-state index in [9.17, 15) is 4.79 Å². The lowest BCUT2D eigenvalue weighted by molar-refractivity contribution is -0.142. The summed E-state index contributed by atoms with van der Waals surface area (Å²) in [7, 11) is 1.48. The van der Waals surface area contributed by atoms with Gasteiger partial charge in [0.05, 0.1) is 13.0 Å². The highest BCUT2D eigenvalue weighted by atomic mass is 16.5. The number of benzene rings is 1. The average molecular weight is 262 g/mol. The fourth-order valence-electron chi connectivity index (χ4n) is 2.72. The fourth-order valence-corrected chi connectivity index (χ4v) is 2.72. The molecule has 1 unspecified atom stereocenters. The van der Waals surface area contributed by atoms with E-state index in [1.807, 2.05) is 0 Å². The van der Waals surface area contributed by atoms with E-state index in [0.29, 0.717) is 5.92 Å². The molecule has 0 aromatic heterocycles. The molecule has 1 atom stereocenters. The molecule has 2 heteroatoms. The fraction of sp³-hybridized carbons (Fsp3) is 0.588.